The summed E-state index contributed by atoms with van der Waals surface area (Å²) in [5.41, 5.74) is -0.673. The topological polar surface area (TPSA) is 32.7 Å². The number of hydrogen-bond donors (Lipinski definition) is 1. The van der Waals surface area contributed by atoms with Crippen molar-refractivity contribution in [1.29, 1.82) is 0 Å². The van der Waals surface area contributed by atoms with Crippen molar-refractivity contribution in [3.05, 3.63) is 29.6 Å². The molecule has 0 aliphatic carbocycles. The molecule has 0 radical (unpaired) electrons. The van der Waals surface area contributed by atoms with Gasteiger partial charge in [0.2, 0.25) is 0 Å². The SMILES string of the molecule is COc1ccc(F)c(C2(O)CC3CCC(C2)N3C)c1. The van der Waals surface area contributed by atoms with Crippen molar-refractivity contribution in [2.75, 3.05) is 14.2 Å². The molecular weight excluding hydrogens is 245 g/mol. The smallest absolute Gasteiger partial charge is 0.129 e. The van der Waals surface area contributed by atoms with E-state index in [4.69, 9.17) is 4.74 Å². The second-order valence-corrected chi connectivity index (χ2v) is 5.84. The molecule has 19 heavy (non-hydrogen) atoms. The van der Waals surface area contributed by atoms with E-state index in [-0.39, 0.29) is 5.82 Å². The van der Waals surface area contributed by atoms with E-state index in [0.29, 0.717) is 36.2 Å². The van der Waals surface area contributed by atoms with Crippen molar-refractivity contribution in [2.24, 2.45) is 0 Å². The van der Waals surface area contributed by atoms with Crippen molar-refractivity contribution in [1.82, 2.24) is 4.90 Å². The molecule has 2 unspecified atom stereocenters. The van der Waals surface area contributed by atoms with E-state index in [1.807, 2.05) is 0 Å². The van der Waals surface area contributed by atoms with Crippen LogP contribution in [0.4, 0.5) is 4.39 Å². The molecule has 2 aliphatic rings. The predicted octanol–water partition coefficient (Wildman–Crippen LogP) is 2.28. The molecule has 2 aliphatic heterocycles. The van der Waals surface area contributed by atoms with Crippen molar-refractivity contribution in [3.63, 3.8) is 0 Å². The van der Waals surface area contributed by atoms with Gasteiger partial charge in [-0.25, -0.2) is 4.39 Å². The number of ether oxygens (including phenoxy) is 1. The zero-order valence-corrected chi connectivity index (χ0v) is 11.4. The Balaban J connectivity index is 1.97. The lowest BCUT2D eigenvalue weighted by Gasteiger charge is -2.42. The lowest BCUT2D eigenvalue weighted by molar-refractivity contribution is -0.0516. The molecule has 2 saturated heterocycles. The van der Waals surface area contributed by atoms with Crippen molar-refractivity contribution in [2.45, 2.75) is 43.4 Å². The van der Waals surface area contributed by atoms with E-state index >= 15 is 0 Å². The summed E-state index contributed by atoms with van der Waals surface area (Å²) in [5.74, 6) is 0.253. The number of methoxy groups -OCH3 is 1. The number of rotatable bonds is 2. The van der Waals surface area contributed by atoms with Gasteiger partial charge in [-0.2, -0.15) is 0 Å². The van der Waals surface area contributed by atoms with Crippen LogP contribution in [0.2, 0.25) is 0 Å². The number of nitrogens with zero attached hydrogens (tertiary/aromatic N) is 1. The Labute approximate surface area is 113 Å². The third-order valence-corrected chi connectivity index (χ3v) is 4.81. The zero-order chi connectivity index (χ0) is 13.6. The maximum absolute atomic E-state index is 14.1. The molecule has 0 amide bonds. The van der Waals surface area contributed by atoms with Crippen LogP contribution < -0.4 is 4.74 Å². The van der Waals surface area contributed by atoms with Gasteiger partial charge in [-0.1, -0.05) is 0 Å². The zero-order valence-electron chi connectivity index (χ0n) is 11.4. The summed E-state index contributed by atoms with van der Waals surface area (Å²) in [6, 6.07) is 5.32. The standard InChI is InChI=1S/C15H20FNO2/c1-17-10-3-4-11(17)9-15(18,8-10)13-7-12(19-2)5-6-14(13)16/h5-7,10-11,18H,3-4,8-9H2,1-2H3. The van der Waals surface area contributed by atoms with Gasteiger partial charge in [-0.3, -0.25) is 0 Å². The summed E-state index contributed by atoms with van der Waals surface area (Å²) in [6.45, 7) is 0. The summed E-state index contributed by atoms with van der Waals surface area (Å²) in [6.07, 6.45) is 3.39. The van der Waals surface area contributed by atoms with Crippen LogP contribution in [0.1, 0.15) is 31.2 Å². The van der Waals surface area contributed by atoms with Gasteiger partial charge in [0.1, 0.15) is 11.6 Å². The van der Waals surface area contributed by atoms with Crippen LogP contribution in [0.15, 0.2) is 18.2 Å². The molecular formula is C15H20FNO2. The fourth-order valence-corrected chi connectivity index (χ4v) is 3.65. The molecule has 4 heteroatoms. The molecule has 0 saturated carbocycles. The Bertz CT molecular complexity index is 477. The minimum absolute atomic E-state index is 0.341. The van der Waals surface area contributed by atoms with Gasteiger partial charge in [-0.15, -0.1) is 0 Å². The highest BCUT2D eigenvalue weighted by Crippen LogP contribution is 2.46. The maximum Gasteiger partial charge on any atom is 0.129 e. The molecule has 1 N–H and O–H groups in total. The molecule has 1 aromatic carbocycles. The van der Waals surface area contributed by atoms with Gasteiger partial charge in [0, 0.05) is 17.6 Å². The summed E-state index contributed by atoms with van der Waals surface area (Å²) in [5, 5.41) is 10.9. The first-order valence-electron chi connectivity index (χ1n) is 6.82. The molecule has 2 bridgehead atoms. The lowest BCUT2D eigenvalue weighted by atomic mass is 9.80. The summed E-state index contributed by atoms with van der Waals surface area (Å²) >= 11 is 0. The first kappa shape index (κ1) is 12.9. The number of fused-ring (bicyclic) bond motifs is 2. The van der Waals surface area contributed by atoms with Gasteiger partial charge >= 0.3 is 0 Å². The number of aliphatic hydroxyl groups is 1. The summed E-state index contributed by atoms with van der Waals surface area (Å²) < 4.78 is 19.2. The average molecular weight is 265 g/mol. The Morgan fingerprint density at radius 2 is 1.95 bits per heavy atom. The summed E-state index contributed by atoms with van der Waals surface area (Å²) in [7, 11) is 3.66. The number of halogens is 1. The predicted molar refractivity (Wildman–Crippen MR) is 70.7 cm³/mol. The average Bonchev–Trinajstić information content (AvgIpc) is 2.63. The molecule has 2 heterocycles. The Hall–Kier alpha value is -1.13. The Morgan fingerprint density at radius 3 is 2.53 bits per heavy atom. The highest BCUT2D eigenvalue weighted by atomic mass is 19.1. The van der Waals surface area contributed by atoms with E-state index in [9.17, 15) is 9.50 Å². The first-order chi connectivity index (χ1) is 9.03. The Morgan fingerprint density at radius 1 is 1.32 bits per heavy atom. The monoisotopic (exact) mass is 265 g/mol. The molecule has 1 aromatic rings. The molecule has 0 aromatic heterocycles. The molecule has 2 atom stereocenters. The maximum atomic E-state index is 14.1. The van der Waals surface area contributed by atoms with Gasteiger partial charge < -0.3 is 14.7 Å². The van der Waals surface area contributed by atoms with Crippen LogP contribution in [0.5, 0.6) is 5.75 Å². The van der Waals surface area contributed by atoms with Crippen molar-refractivity contribution < 1.29 is 14.2 Å². The van der Waals surface area contributed by atoms with Crippen molar-refractivity contribution in [3.8, 4) is 5.75 Å². The molecule has 3 nitrogen and oxygen atoms in total. The van der Waals surface area contributed by atoms with Crippen LogP contribution in [0.25, 0.3) is 0 Å². The summed E-state index contributed by atoms with van der Waals surface area (Å²) in [4.78, 5) is 2.33. The molecule has 0 spiro atoms. The van der Waals surface area contributed by atoms with Gasteiger partial charge in [0.15, 0.2) is 0 Å². The van der Waals surface area contributed by atoms with E-state index in [1.54, 1.807) is 19.2 Å². The third-order valence-electron chi connectivity index (χ3n) is 4.81. The van der Waals surface area contributed by atoms with E-state index < -0.39 is 5.60 Å². The van der Waals surface area contributed by atoms with Crippen LogP contribution in [0, 0.1) is 5.82 Å². The minimum atomic E-state index is -1.06. The highest BCUT2D eigenvalue weighted by molar-refractivity contribution is 5.34. The second-order valence-electron chi connectivity index (χ2n) is 5.84. The van der Waals surface area contributed by atoms with Gasteiger partial charge in [-0.05, 0) is 50.9 Å². The Kier molecular flexibility index (Phi) is 3.02. The quantitative estimate of drug-likeness (QED) is 0.890. The molecule has 2 fully saturated rings. The van der Waals surface area contributed by atoms with E-state index in [1.165, 1.54) is 6.07 Å². The fraction of sp³-hybridized carbons (Fsp3) is 0.600. The van der Waals surface area contributed by atoms with Crippen molar-refractivity contribution >= 4 is 0 Å². The number of hydrogen-bond acceptors (Lipinski definition) is 3. The first-order valence-corrected chi connectivity index (χ1v) is 6.82. The number of benzene rings is 1. The van der Waals surface area contributed by atoms with Crippen LogP contribution >= 0.6 is 0 Å². The van der Waals surface area contributed by atoms with Gasteiger partial charge in [0.05, 0.1) is 12.7 Å². The van der Waals surface area contributed by atoms with Crippen LogP contribution in [0.3, 0.4) is 0 Å². The number of piperidine rings is 1. The van der Waals surface area contributed by atoms with Crippen LogP contribution in [-0.2, 0) is 5.60 Å². The third kappa shape index (κ3) is 2.03. The normalized spacial score (nSPS) is 34.5. The van der Waals surface area contributed by atoms with Crippen LogP contribution in [-0.4, -0.2) is 36.2 Å². The molecule has 3 rings (SSSR count). The fourth-order valence-electron chi connectivity index (χ4n) is 3.65. The largest absolute Gasteiger partial charge is 0.497 e. The molecule has 104 valence electrons. The second kappa shape index (κ2) is 4.46. The van der Waals surface area contributed by atoms with Gasteiger partial charge in [0.25, 0.3) is 0 Å². The highest BCUT2D eigenvalue weighted by Gasteiger charge is 2.47. The van der Waals surface area contributed by atoms with E-state index in [2.05, 4.69) is 11.9 Å². The van der Waals surface area contributed by atoms with E-state index in [0.717, 1.165) is 12.8 Å². The lowest BCUT2D eigenvalue weighted by Crippen LogP contribution is -2.48. The minimum Gasteiger partial charge on any atom is -0.497 e.